The van der Waals surface area contributed by atoms with Crippen LogP contribution in [0.1, 0.15) is 64.7 Å². The maximum Gasteiger partial charge on any atom is 0.355 e. The van der Waals surface area contributed by atoms with Crippen LogP contribution in [-0.2, 0) is 12.8 Å². The molecule has 222 valence electrons. The van der Waals surface area contributed by atoms with Crippen LogP contribution in [0.3, 0.4) is 0 Å². The van der Waals surface area contributed by atoms with Gasteiger partial charge in [-0.3, -0.25) is 0 Å². The third-order valence-corrected chi connectivity index (χ3v) is 9.54. The van der Waals surface area contributed by atoms with Gasteiger partial charge < -0.3 is 20.1 Å². The van der Waals surface area contributed by atoms with Gasteiger partial charge in [-0.25, -0.2) is 19.2 Å². The van der Waals surface area contributed by atoms with Crippen molar-refractivity contribution in [3.8, 4) is 5.75 Å². The predicted octanol–water partition coefficient (Wildman–Crippen LogP) is 7.65. The number of ether oxygens (including phenoxy) is 1. The van der Waals surface area contributed by atoms with E-state index in [0.29, 0.717) is 41.0 Å². The lowest BCUT2D eigenvalue weighted by molar-refractivity contribution is 0.0690. The lowest BCUT2D eigenvalue weighted by atomic mass is 10.0. The number of aromatic nitrogens is 4. The van der Waals surface area contributed by atoms with Crippen molar-refractivity contribution < 1.29 is 19.0 Å². The van der Waals surface area contributed by atoms with E-state index in [1.807, 2.05) is 56.0 Å². The number of nitrogens with one attached hydrogen (secondary N) is 1. The molecule has 1 aliphatic rings. The van der Waals surface area contributed by atoms with Crippen LogP contribution in [0.2, 0.25) is 0 Å². The molecular formula is C31H31FN6O3S2. The van der Waals surface area contributed by atoms with E-state index >= 15 is 0 Å². The molecule has 0 fully saturated rings. The molecule has 4 heterocycles. The minimum Gasteiger partial charge on any atom is -0.491 e. The van der Waals surface area contributed by atoms with Crippen LogP contribution in [0, 0.1) is 12.7 Å². The Balaban J connectivity index is 1.17. The van der Waals surface area contributed by atoms with Gasteiger partial charge in [0.05, 0.1) is 16.8 Å². The van der Waals surface area contributed by atoms with Gasteiger partial charge in [0.2, 0.25) is 0 Å². The number of carboxylic acids is 1. The minimum absolute atomic E-state index is 0.0263. The van der Waals surface area contributed by atoms with Gasteiger partial charge in [0.25, 0.3) is 0 Å². The zero-order valence-corrected chi connectivity index (χ0v) is 25.7. The highest BCUT2D eigenvalue weighted by Gasteiger charge is 2.28. The first kappa shape index (κ1) is 28.9. The van der Waals surface area contributed by atoms with Crippen LogP contribution in [-0.4, -0.2) is 44.4 Å². The van der Waals surface area contributed by atoms with Crippen molar-refractivity contribution in [1.82, 2.24) is 20.2 Å². The van der Waals surface area contributed by atoms with E-state index in [-0.39, 0.29) is 24.0 Å². The second kappa shape index (κ2) is 12.2. The highest BCUT2D eigenvalue weighted by Crippen LogP contribution is 2.39. The number of carboxylic acid groups (broad SMARTS) is 1. The van der Waals surface area contributed by atoms with Crippen molar-refractivity contribution in [2.75, 3.05) is 23.4 Å². The summed E-state index contributed by atoms with van der Waals surface area (Å²) in [5.41, 5.74) is 3.90. The van der Waals surface area contributed by atoms with Crippen LogP contribution in [0.25, 0.3) is 10.2 Å². The molecule has 9 nitrogen and oxygen atoms in total. The number of aryl methyl sites for hydroxylation is 1. The van der Waals surface area contributed by atoms with E-state index in [1.54, 1.807) is 17.4 Å². The van der Waals surface area contributed by atoms with Crippen LogP contribution in [0.15, 0.2) is 42.5 Å². The second-order valence-corrected chi connectivity index (χ2v) is 12.8. The molecule has 0 amide bonds. The molecule has 0 spiro atoms. The van der Waals surface area contributed by atoms with Gasteiger partial charge in [0, 0.05) is 22.5 Å². The fourth-order valence-corrected chi connectivity index (χ4v) is 7.10. The minimum atomic E-state index is -1.08. The molecule has 0 saturated carbocycles. The maximum absolute atomic E-state index is 14.4. The van der Waals surface area contributed by atoms with E-state index in [4.69, 9.17) is 4.74 Å². The molecule has 0 bridgehead atoms. The summed E-state index contributed by atoms with van der Waals surface area (Å²) in [6, 6.07) is 13.0. The molecule has 12 heteroatoms. The van der Waals surface area contributed by atoms with Crippen molar-refractivity contribution in [2.45, 2.75) is 52.4 Å². The molecule has 3 aromatic heterocycles. The average molecular weight is 619 g/mol. The smallest absolute Gasteiger partial charge is 0.355 e. The van der Waals surface area contributed by atoms with Gasteiger partial charge in [-0.05, 0) is 68.4 Å². The molecule has 0 unspecified atom stereocenters. The Morgan fingerprint density at radius 1 is 1.16 bits per heavy atom. The summed E-state index contributed by atoms with van der Waals surface area (Å²) >= 11 is 2.90. The normalized spacial score (nSPS) is 13.0. The van der Waals surface area contributed by atoms with Gasteiger partial charge >= 0.3 is 5.97 Å². The third-order valence-electron chi connectivity index (χ3n) is 7.45. The first-order chi connectivity index (χ1) is 20.8. The number of anilines is 4. The lowest BCUT2D eigenvalue weighted by Gasteiger charge is -2.28. The van der Waals surface area contributed by atoms with Crippen molar-refractivity contribution in [1.29, 1.82) is 0 Å². The summed E-state index contributed by atoms with van der Waals surface area (Å²) in [5.74, 6) is 0.298. The molecular weight excluding hydrogens is 588 g/mol. The number of para-hydroxylation sites is 1. The number of halogens is 1. The standard InChI is InChI=1S/C31H31FN6O3S2/c1-17(2)19-12-13-23(21(32)16-19)41-15-7-11-25-26(29(39)40)34-31(43-25)38-14-6-8-20-18(3)27(36-37-28(20)38)35-30-33-22-9-4-5-10-24(22)42-30/h4-5,9-10,12-13,16-17H,6-8,11,14-15H2,1-3H3,(H,39,40)(H,33,35,36). The highest BCUT2D eigenvalue weighted by molar-refractivity contribution is 7.22. The molecule has 6 rings (SSSR count). The number of fused-ring (bicyclic) bond motifs is 2. The monoisotopic (exact) mass is 618 g/mol. The Labute approximate surface area is 256 Å². The number of carbonyl (C=O) groups is 1. The number of hydrogen-bond donors (Lipinski definition) is 2. The Kier molecular flexibility index (Phi) is 8.22. The Morgan fingerprint density at radius 2 is 2.00 bits per heavy atom. The fraction of sp³-hybridized carbons (Fsp3) is 0.323. The summed E-state index contributed by atoms with van der Waals surface area (Å²) in [6.45, 7) is 6.95. The summed E-state index contributed by atoms with van der Waals surface area (Å²) in [6.07, 6.45) is 2.66. The number of hydrogen-bond acceptors (Lipinski definition) is 10. The van der Waals surface area contributed by atoms with E-state index in [1.165, 1.54) is 17.4 Å². The topological polar surface area (TPSA) is 113 Å². The van der Waals surface area contributed by atoms with Gasteiger partial charge in [0.15, 0.2) is 39.2 Å². The zero-order chi connectivity index (χ0) is 30.1. The quantitative estimate of drug-likeness (QED) is 0.152. The van der Waals surface area contributed by atoms with Gasteiger partial charge in [-0.2, -0.15) is 0 Å². The number of thiazole rings is 2. The number of benzene rings is 2. The molecule has 0 radical (unpaired) electrons. The van der Waals surface area contributed by atoms with Gasteiger partial charge in [-0.1, -0.05) is 43.4 Å². The fourth-order valence-electron chi connectivity index (χ4n) is 5.11. The molecule has 0 aliphatic carbocycles. The summed E-state index contributed by atoms with van der Waals surface area (Å²) in [5, 5.41) is 23.6. The van der Waals surface area contributed by atoms with Crippen LogP contribution >= 0.6 is 22.7 Å². The van der Waals surface area contributed by atoms with Crippen LogP contribution < -0.4 is 15.0 Å². The first-order valence-corrected chi connectivity index (χ1v) is 15.8. The van der Waals surface area contributed by atoms with Gasteiger partial charge in [-0.15, -0.1) is 21.5 Å². The Morgan fingerprint density at radius 3 is 2.77 bits per heavy atom. The molecule has 5 aromatic rings. The summed E-state index contributed by atoms with van der Waals surface area (Å²) in [4.78, 5) is 23.9. The molecule has 0 saturated heterocycles. The first-order valence-electron chi connectivity index (χ1n) is 14.2. The van der Waals surface area contributed by atoms with Gasteiger partial charge in [0.1, 0.15) is 0 Å². The molecule has 43 heavy (non-hydrogen) atoms. The van der Waals surface area contributed by atoms with E-state index in [2.05, 4.69) is 25.5 Å². The van der Waals surface area contributed by atoms with Crippen molar-refractivity contribution in [3.63, 3.8) is 0 Å². The summed E-state index contributed by atoms with van der Waals surface area (Å²) < 4.78 is 21.2. The Bertz CT molecular complexity index is 1770. The average Bonchev–Trinajstić information content (AvgIpc) is 3.61. The molecule has 0 atom stereocenters. The molecule has 2 aromatic carbocycles. The van der Waals surface area contributed by atoms with Crippen molar-refractivity contribution in [3.05, 3.63) is 75.5 Å². The SMILES string of the molecule is Cc1c(Nc2nc3ccccc3s2)nnc2c1CCCN2c1nc(C(=O)O)c(CCCOc2ccc(C(C)C)cc2F)s1. The van der Waals surface area contributed by atoms with Crippen molar-refractivity contribution >= 4 is 60.8 Å². The maximum atomic E-state index is 14.4. The van der Waals surface area contributed by atoms with E-state index in [0.717, 1.165) is 44.9 Å². The number of rotatable bonds is 10. The van der Waals surface area contributed by atoms with Crippen LogP contribution in [0.5, 0.6) is 5.75 Å². The summed E-state index contributed by atoms with van der Waals surface area (Å²) in [7, 11) is 0. The predicted molar refractivity (Wildman–Crippen MR) is 168 cm³/mol. The molecule has 1 aliphatic heterocycles. The second-order valence-electron chi connectivity index (χ2n) is 10.7. The van der Waals surface area contributed by atoms with Crippen LogP contribution in [0.4, 0.5) is 26.3 Å². The molecule has 2 N–H and O–H groups in total. The third kappa shape index (κ3) is 6.02. The number of aromatic carboxylic acids is 1. The Hall–Kier alpha value is -4.16. The largest absolute Gasteiger partial charge is 0.491 e. The van der Waals surface area contributed by atoms with E-state index in [9.17, 15) is 14.3 Å². The highest BCUT2D eigenvalue weighted by atomic mass is 32.1. The van der Waals surface area contributed by atoms with E-state index < -0.39 is 11.8 Å². The van der Waals surface area contributed by atoms with Crippen molar-refractivity contribution in [2.24, 2.45) is 0 Å². The lowest BCUT2D eigenvalue weighted by Crippen LogP contribution is -2.27. The zero-order valence-electron chi connectivity index (χ0n) is 24.1. The number of nitrogens with zero attached hydrogens (tertiary/aromatic N) is 5.